The summed E-state index contributed by atoms with van der Waals surface area (Å²) < 4.78 is 15.8. The highest BCUT2D eigenvalue weighted by Crippen LogP contribution is 2.16. The Morgan fingerprint density at radius 3 is 2.95 bits per heavy atom. The quantitative estimate of drug-likeness (QED) is 0.843. The van der Waals surface area contributed by atoms with Crippen molar-refractivity contribution in [3.05, 3.63) is 47.3 Å². The van der Waals surface area contributed by atoms with Crippen molar-refractivity contribution in [3.63, 3.8) is 0 Å². The first-order chi connectivity index (χ1) is 9.24. The number of halogens is 1. The molecule has 19 heavy (non-hydrogen) atoms. The van der Waals surface area contributed by atoms with Gasteiger partial charge in [0.25, 0.3) is 0 Å². The maximum atomic E-state index is 13.6. The molecule has 0 radical (unpaired) electrons. The number of fused-ring (bicyclic) bond motifs is 1. The average Bonchev–Trinajstić information content (AvgIpc) is 2.97. The van der Waals surface area contributed by atoms with Gasteiger partial charge in [-0.1, -0.05) is 18.2 Å². The van der Waals surface area contributed by atoms with E-state index in [1.807, 2.05) is 19.2 Å². The molecule has 0 spiro atoms. The lowest BCUT2D eigenvalue weighted by atomic mass is 10.2. The smallest absolute Gasteiger partial charge is 0.147 e. The topological polar surface area (TPSA) is 34.0 Å². The maximum Gasteiger partial charge on any atom is 0.147 e. The second-order valence-corrected chi connectivity index (χ2v) is 5.05. The van der Waals surface area contributed by atoms with Crippen molar-refractivity contribution < 1.29 is 4.39 Å². The third-order valence-corrected chi connectivity index (χ3v) is 3.50. The molecule has 0 atom stereocenters. The van der Waals surface area contributed by atoms with Gasteiger partial charge in [-0.25, -0.2) is 4.39 Å². The van der Waals surface area contributed by atoms with E-state index in [-0.39, 0.29) is 5.82 Å². The molecule has 0 N–H and O–H groups in total. The zero-order chi connectivity index (χ0) is 13.2. The van der Waals surface area contributed by atoms with E-state index >= 15 is 0 Å². The second kappa shape index (κ2) is 5.09. The van der Waals surface area contributed by atoms with Gasteiger partial charge in [0.15, 0.2) is 0 Å². The largest absolute Gasteiger partial charge is 0.314 e. The average molecular weight is 260 g/mol. The Labute approximate surface area is 111 Å². The number of hydrogen-bond donors (Lipinski definition) is 0. The Morgan fingerprint density at radius 1 is 1.26 bits per heavy atom. The van der Waals surface area contributed by atoms with Crippen LogP contribution in [0, 0.1) is 5.82 Å². The number of hydrogen-bond acceptors (Lipinski definition) is 3. The molecule has 100 valence electrons. The fourth-order valence-electron chi connectivity index (χ4n) is 2.54. The predicted octanol–water partition coefficient (Wildman–Crippen LogP) is 2.00. The van der Waals surface area contributed by atoms with E-state index in [1.54, 1.807) is 6.07 Å². The summed E-state index contributed by atoms with van der Waals surface area (Å²) in [5, 5.41) is 8.41. The van der Waals surface area contributed by atoms with Gasteiger partial charge in [0.1, 0.15) is 17.5 Å². The minimum absolute atomic E-state index is 0.152. The predicted molar refractivity (Wildman–Crippen MR) is 69.9 cm³/mol. The van der Waals surface area contributed by atoms with Crippen molar-refractivity contribution in [2.75, 3.05) is 7.05 Å². The first-order valence-electron chi connectivity index (χ1n) is 6.57. The Balaban J connectivity index is 1.68. The highest BCUT2D eigenvalue weighted by molar-refractivity contribution is 5.17. The fraction of sp³-hybridized carbons (Fsp3) is 0.429. The molecule has 1 aromatic carbocycles. The Morgan fingerprint density at radius 2 is 2.11 bits per heavy atom. The van der Waals surface area contributed by atoms with Crippen LogP contribution in [-0.4, -0.2) is 26.7 Å². The highest BCUT2D eigenvalue weighted by Gasteiger charge is 2.18. The lowest BCUT2D eigenvalue weighted by Crippen LogP contribution is -2.20. The number of rotatable bonds is 4. The van der Waals surface area contributed by atoms with E-state index < -0.39 is 0 Å². The molecule has 0 unspecified atom stereocenters. The van der Waals surface area contributed by atoms with Crippen molar-refractivity contribution in [2.24, 2.45) is 0 Å². The second-order valence-electron chi connectivity index (χ2n) is 5.05. The molecule has 0 bridgehead atoms. The first kappa shape index (κ1) is 12.3. The molecule has 0 saturated heterocycles. The molecule has 5 heteroatoms. The van der Waals surface area contributed by atoms with Crippen LogP contribution >= 0.6 is 0 Å². The molecule has 4 nitrogen and oxygen atoms in total. The normalized spacial score (nSPS) is 14.1. The molecule has 0 aliphatic carbocycles. The molecule has 1 aromatic heterocycles. The molecule has 0 fully saturated rings. The van der Waals surface area contributed by atoms with Crippen molar-refractivity contribution in [2.45, 2.75) is 32.5 Å². The van der Waals surface area contributed by atoms with Crippen LogP contribution in [-0.2, 0) is 26.1 Å². The molecule has 2 heterocycles. The van der Waals surface area contributed by atoms with Gasteiger partial charge in [-0.2, -0.15) is 0 Å². The van der Waals surface area contributed by atoms with Crippen LogP contribution in [0.5, 0.6) is 0 Å². The van der Waals surface area contributed by atoms with Gasteiger partial charge < -0.3 is 4.57 Å². The number of nitrogens with zero attached hydrogens (tertiary/aromatic N) is 4. The van der Waals surface area contributed by atoms with Gasteiger partial charge in [0.05, 0.1) is 6.54 Å². The number of aromatic nitrogens is 3. The van der Waals surface area contributed by atoms with Gasteiger partial charge in [-0.3, -0.25) is 4.90 Å². The monoisotopic (exact) mass is 260 g/mol. The summed E-state index contributed by atoms with van der Waals surface area (Å²) in [4.78, 5) is 2.06. The molecular weight excluding hydrogens is 243 g/mol. The first-order valence-corrected chi connectivity index (χ1v) is 6.57. The summed E-state index contributed by atoms with van der Waals surface area (Å²) in [6.07, 6.45) is 2.17. The molecule has 2 aromatic rings. The van der Waals surface area contributed by atoms with Crippen LogP contribution in [0.3, 0.4) is 0 Å². The van der Waals surface area contributed by atoms with E-state index in [0.717, 1.165) is 31.0 Å². The summed E-state index contributed by atoms with van der Waals surface area (Å²) in [5.41, 5.74) is 0.714. The van der Waals surface area contributed by atoms with E-state index in [2.05, 4.69) is 19.7 Å². The van der Waals surface area contributed by atoms with E-state index in [0.29, 0.717) is 18.7 Å². The SMILES string of the molecule is CN(Cc1ccccc1F)Cc1nnc2n1CCC2. The standard InChI is InChI=1S/C14H17FN4/c1-18(9-11-5-2-3-6-12(11)15)10-14-17-16-13-7-4-8-19(13)14/h2-3,5-6H,4,7-10H2,1H3. The lowest BCUT2D eigenvalue weighted by Gasteiger charge is -2.16. The summed E-state index contributed by atoms with van der Waals surface area (Å²) in [7, 11) is 1.98. The minimum Gasteiger partial charge on any atom is -0.314 e. The van der Waals surface area contributed by atoms with Crippen LogP contribution in [0.4, 0.5) is 4.39 Å². The van der Waals surface area contributed by atoms with Gasteiger partial charge in [-0.15, -0.1) is 10.2 Å². The van der Waals surface area contributed by atoms with Crippen LogP contribution in [0.25, 0.3) is 0 Å². The zero-order valence-electron chi connectivity index (χ0n) is 11.0. The summed E-state index contributed by atoms with van der Waals surface area (Å²) in [6.45, 7) is 2.28. The molecule has 3 rings (SSSR count). The maximum absolute atomic E-state index is 13.6. The van der Waals surface area contributed by atoms with Crippen LogP contribution < -0.4 is 0 Å². The minimum atomic E-state index is -0.152. The van der Waals surface area contributed by atoms with Crippen LogP contribution in [0.15, 0.2) is 24.3 Å². The van der Waals surface area contributed by atoms with Crippen molar-refractivity contribution >= 4 is 0 Å². The third-order valence-electron chi connectivity index (χ3n) is 3.50. The summed E-state index contributed by atoms with van der Waals surface area (Å²) in [6, 6.07) is 6.89. The number of benzene rings is 1. The molecule has 1 aliphatic heterocycles. The third kappa shape index (κ3) is 2.51. The molecule has 1 aliphatic rings. The number of aryl methyl sites for hydroxylation is 1. The summed E-state index contributed by atoms with van der Waals surface area (Å²) >= 11 is 0. The van der Waals surface area contributed by atoms with Crippen LogP contribution in [0.2, 0.25) is 0 Å². The van der Waals surface area contributed by atoms with Gasteiger partial charge in [0.2, 0.25) is 0 Å². The molecule has 0 saturated carbocycles. The molecule has 0 amide bonds. The van der Waals surface area contributed by atoms with Crippen LogP contribution in [0.1, 0.15) is 23.6 Å². The van der Waals surface area contributed by atoms with Crippen molar-refractivity contribution in [3.8, 4) is 0 Å². The van der Waals surface area contributed by atoms with Crippen molar-refractivity contribution in [1.82, 2.24) is 19.7 Å². The van der Waals surface area contributed by atoms with Crippen molar-refractivity contribution in [1.29, 1.82) is 0 Å². The van der Waals surface area contributed by atoms with E-state index in [4.69, 9.17) is 0 Å². The Hall–Kier alpha value is -1.75. The lowest BCUT2D eigenvalue weighted by molar-refractivity contribution is 0.300. The van der Waals surface area contributed by atoms with Gasteiger partial charge in [0, 0.05) is 25.1 Å². The zero-order valence-corrected chi connectivity index (χ0v) is 11.0. The highest BCUT2D eigenvalue weighted by atomic mass is 19.1. The van der Waals surface area contributed by atoms with E-state index in [9.17, 15) is 4.39 Å². The van der Waals surface area contributed by atoms with Gasteiger partial charge >= 0.3 is 0 Å². The van der Waals surface area contributed by atoms with Gasteiger partial charge in [-0.05, 0) is 19.5 Å². The van der Waals surface area contributed by atoms with E-state index in [1.165, 1.54) is 6.07 Å². The Kier molecular flexibility index (Phi) is 3.29. The summed E-state index contributed by atoms with van der Waals surface area (Å²) in [5.74, 6) is 1.90. The molecular formula is C14H17FN4. The Bertz CT molecular complexity index is 579. The fourth-order valence-corrected chi connectivity index (χ4v) is 2.54.